The summed E-state index contributed by atoms with van der Waals surface area (Å²) in [6.07, 6.45) is 0. The van der Waals surface area contributed by atoms with Crippen LogP contribution in [0.4, 0.5) is 0 Å². The summed E-state index contributed by atoms with van der Waals surface area (Å²) in [5, 5.41) is 16.4. The van der Waals surface area contributed by atoms with Crippen LogP contribution < -0.4 is 0 Å². The first-order chi connectivity index (χ1) is 33.2. The Morgan fingerprint density at radius 3 is 1.87 bits per heavy atom. The molecule has 0 aliphatic carbocycles. The summed E-state index contributed by atoms with van der Waals surface area (Å²) in [5.41, 5.74) is 7.93. The summed E-state index contributed by atoms with van der Waals surface area (Å²) in [4.78, 5) is 15.8. The molecule has 4 aromatic heterocycles. The lowest BCUT2D eigenvalue weighted by Gasteiger charge is -2.12. The molecule has 5 nitrogen and oxygen atoms in total. The summed E-state index contributed by atoms with van der Waals surface area (Å²) in [6, 6.07) is 74.0. The summed E-state index contributed by atoms with van der Waals surface area (Å²) < 4.78 is 11.5. The van der Waals surface area contributed by atoms with Gasteiger partial charge in [0, 0.05) is 69.5 Å². The lowest BCUT2D eigenvalue weighted by atomic mass is 10.0. The molecule has 0 radical (unpaired) electrons. The third kappa shape index (κ3) is 5.51. The number of hydrogen-bond acceptors (Lipinski definition) is 5. The molecule has 0 N–H and O–H groups in total. The SMILES string of the molecule is c1ccc2cc(-c3nc(-c4ccc5oc6ccc7ccc(-n8c9cc%10ccccc%10cc9c9ccc%10ccccc%10c98)cc7c6c5c4)nc(-c4cccc5c4sc4ccccc45)n3)ccc2c1. The minimum atomic E-state index is 0.604. The molecule has 0 aliphatic heterocycles. The van der Waals surface area contributed by atoms with Crippen LogP contribution in [0.15, 0.2) is 211 Å². The van der Waals surface area contributed by atoms with Gasteiger partial charge in [-0.1, -0.05) is 140 Å². The number of fused-ring (bicyclic) bond motifs is 15. The van der Waals surface area contributed by atoms with E-state index in [1.54, 1.807) is 11.3 Å². The van der Waals surface area contributed by atoms with Gasteiger partial charge < -0.3 is 8.98 Å². The second-order valence-corrected chi connectivity index (χ2v) is 18.6. The van der Waals surface area contributed by atoms with Crippen LogP contribution in [-0.4, -0.2) is 19.5 Å². The standard InChI is InChI=1S/C61H34N4OS/c1-2-12-38-30-41(21-20-35(38)10-1)59-62-60(64-61(63-59)48-18-9-17-47-45-16-7-8-19-55(45)67-58(47)48)42-25-28-53-51(32-42)56-49-34-43(26-22-37(49)24-29-54(56)66-53)65-52-33-40-14-4-3-13-39(40)31-50(52)46-27-23-36-11-5-6-15-44(36)57(46)65/h1-34H. The lowest BCUT2D eigenvalue weighted by Crippen LogP contribution is -2.00. The van der Waals surface area contributed by atoms with Gasteiger partial charge in [-0.05, 0) is 104 Å². The first kappa shape index (κ1) is 36.6. The normalized spacial score (nSPS) is 12.2. The van der Waals surface area contributed by atoms with Crippen LogP contribution in [0.1, 0.15) is 0 Å². The van der Waals surface area contributed by atoms with Crippen LogP contribution in [0.2, 0.25) is 0 Å². The monoisotopic (exact) mass is 870 g/mol. The van der Waals surface area contributed by atoms with Gasteiger partial charge in [-0.25, -0.2) is 15.0 Å². The van der Waals surface area contributed by atoms with Crippen LogP contribution in [0, 0.1) is 0 Å². The van der Waals surface area contributed by atoms with Gasteiger partial charge in [0.05, 0.1) is 11.0 Å². The molecular formula is C61H34N4OS. The predicted octanol–water partition coefficient (Wildman–Crippen LogP) is 16.8. The van der Waals surface area contributed by atoms with E-state index < -0.39 is 0 Å². The Labute approximate surface area is 386 Å². The van der Waals surface area contributed by atoms with Crippen molar-refractivity contribution < 1.29 is 4.42 Å². The van der Waals surface area contributed by atoms with Crippen molar-refractivity contribution in [2.75, 3.05) is 0 Å². The predicted molar refractivity (Wildman–Crippen MR) is 281 cm³/mol. The summed E-state index contributed by atoms with van der Waals surface area (Å²) >= 11 is 1.78. The fraction of sp³-hybridized carbons (Fsp3) is 0. The van der Waals surface area contributed by atoms with Crippen molar-refractivity contribution in [3.05, 3.63) is 206 Å². The summed E-state index contributed by atoms with van der Waals surface area (Å²) in [5.74, 6) is 1.87. The third-order valence-corrected chi connectivity index (χ3v) is 15.0. The van der Waals surface area contributed by atoms with Crippen LogP contribution in [0.3, 0.4) is 0 Å². The van der Waals surface area contributed by atoms with E-state index in [9.17, 15) is 0 Å². The molecule has 0 aliphatic rings. The van der Waals surface area contributed by atoms with E-state index in [4.69, 9.17) is 19.4 Å². The number of benzene rings is 11. The molecule has 6 heteroatoms. The molecule has 310 valence electrons. The van der Waals surface area contributed by atoms with Crippen molar-refractivity contribution in [1.29, 1.82) is 0 Å². The zero-order valence-electron chi connectivity index (χ0n) is 35.7. The molecule has 0 unspecified atom stereocenters. The molecule has 15 rings (SSSR count). The average molecular weight is 871 g/mol. The maximum atomic E-state index is 6.67. The number of nitrogens with zero attached hydrogens (tertiary/aromatic N) is 4. The highest BCUT2D eigenvalue weighted by Crippen LogP contribution is 2.43. The minimum absolute atomic E-state index is 0.604. The summed E-state index contributed by atoms with van der Waals surface area (Å²) in [6.45, 7) is 0. The van der Waals surface area contributed by atoms with E-state index in [2.05, 4.69) is 211 Å². The van der Waals surface area contributed by atoms with Crippen molar-refractivity contribution in [1.82, 2.24) is 19.5 Å². The van der Waals surface area contributed by atoms with E-state index in [1.165, 1.54) is 64.2 Å². The maximum absolute atomic E-state index is 6.67. The van der Waals surface area contributed by atoms with Crippen molar-refractivity contribution >= 4 is 118 Å². The van der Waals surface area contributed by atoms with E-state index in [-0.39, 0.29) is 0 Å². The number of thiophene rings is 1. The zero-order chi connectivity index (χ0) is 43.7. The Bertz CT molecular complexity index is 4600. The van der Waals surface area contributed by atoms with Crippen molar-refractivity contribution in [2.24, 2.45) is 0 Å². The Balaban J connectivity index is 0.964. The first-order valence-electron chi connectivity index (χ1n) is 22.6. The fourth-order valence-corrected chi connectivity index (χ4v) is 11.8. The van der Waals surface area contributed by atoms with Gasteiger partial charge in [0.15, 0.2) is 17.5 Å². The highest BCUT2D eigenvalue weighted by molar-refractivity contribution is 7.26. The highest BCUT2D eigenvalue weighted by Gasteiger charge is 2.21. The van der Waals surface area contributed by atoms with Crippen LogP contribution in [0.25, 0.3) is 147 Å². The molecule has 4 heterocycles. The Kier molecular flexibility index (Phi) is 7.59. The van der Waals surface area contributed by atoms with Crippen molar-refractivity contribution in [2.45, 2.75) is 0 Å². The van der Waals surface area contributed by atoms with Crippen molar-refractivity contribution in [3.8, 4) is 39.9 Å². The van der Waals surface area contributed by atoms with E-state index in [1.807, 2.05) is 0 Å². The molecule has 0 bridgehead atoms. The first-order valence-corrected chi connectivity index (χ1v) is 23.4. The third-order valence-electron chi connectivity index (χ3n) is 13.8. The molecule has 67 heavy (non-hydrogen) atoms. The maximum Gasteiger partial charge on any atom is 0.165 e. The number of rotatable bonds is 4. The quantitative estimate of drug-likeness (QED) is 0.177. The average Bonchev–Trinajstić information content (AvgIpc) is 4.07. The van der Waals surface area contributed by atoms with Crippen LogP contribution >= 0.6 is 11.3 Å². The number of aromatic nitrogens is 4. The van der Waals surface area contributed by atoms with E-state index in [0.717, 1.165) is 65.2 Å². The second-order valence-electron chi connectivity index (χ2n) is 17.5. The zero-order valence-corrected chi connectivity index (χ0v) is 36.6. The topological polar surface area (TPSA) is 56.7 Å². The Hall–Kier alpha value is -8.71. The van der Waals surface area contributed by atoms with E-state index >= 15 is 0 Å². The number of hydrogen-bond donors (Lipinski definition) is 0. The fourth-order valence-electron chi connectivity index (χ4n) is 10.6. The van der Waals surface area contributed by atoms with Gasteiger partial charge in [0.1, 0.15) is 11.2 Å². The molecule has 0 saturated carbocycles. The second kappa shape index (κ2) is 13.9. The van der Waals surface area contributed by atoms with Gasteiger partial charge in [0.2, 0.25) is 0 Å². The summed E-state index contributed by atoms with van der Waals surface area (Å²) in [7, 11) is 0. The molecular weight excluding hydrogens is 837 g/mol. The molecule has 15 aromatic rings. The van der Waals surface area contributed by atoms with Crippen molar-refractivity contribution in [3.63, 3.8) is 0 Å². The van der Waals surface area contributed by atoms with Gasteiger partial charge in [-0.15, -0.1) is 11.3 Å². The molecule has 0 atom stereocenters. The smallest absolute Gasteiger partial charge is 0.165 e. The van der Waals surface area contributed by atoms with Crippen LogP contribution in [0.5, 0.6) is 0 Å². The minimum Gasteiger partial charge on any atom is -0.456 e. The van der Waals surface area contributed by atoms with Gasteiger partial charge in [-0.3, -0.25) is 0 Å². The molecule has 0 fully saturated rings. The van der Waals surface area contributed by atoms with Gasteiger partial charge >= 0.3 is 0 Å². The molecule has 0 spiro atoms. The number of furan rings is 1. The molecule has 0 saturated heterocycles. The molecule has 11 aromatic carbocycles. The highest BCUT2D eigenvalue weighted by atomic mass is 32.1. The van der Waals surface area contributed by atoms with Crippen LogP contribution in [-0.2, 0) is 0 Å². The van der Waals surface area contributed by atoms with E-state index in [0.29, 0.717) is 17.5 Å². The molecule has 0 amide bonds. The lowest BCUT2D eigenvalue weighted by molar-refractivity contribution is 0.669. The Morgan fingerprint density at radius 1 is 0.373 bits per heavy atom. The van der Waals surface area contributed by atoms with Gasteiger partial charge in [0.25, 0.3) is 0 Å². The Morgan fingerprint density at radius 2 is 1.00 bits per heavy atom. The van der Waals surface area contributed by atoms with Gasteiger partial charge in [-0.2, -0.15) is 0 Å². The largest absolute Gasteiger partial charge is 0.456 e.